The van der Waals surface area contributed by atoms with E-state index in [0.29, 0.717) is 29.6 Å². The molecule has 4 heterocycles. The molecule has 2 aromatic heterocycles. The normalized spacial score (nSPS) is 21.1. The summed E-state index contributed by atoms with van der Waals surface area (Å²) < 4.78 is 25.2. The van der Waals surface area contributed by atoms with Gasteiger partial charge in [0.15, 0.2) is 0 Å². The number of methoxy groups -OCH3 is 1. The molecule has 2 atom stereocenters. The van der Waals surface area contributed by atoms with E-state index in [0.717, 1.165) is 49.4 Å². The number of fused-ring (bicyclic) bond motifs is 1. The van der Waals surface area contributed by atoms with Crippen LogP contribution in [0, 0.1) is 5.82 Å². The standard InChI is InChI=1S/C25H28FN5O3/c1-27-24(32)21-6-5-18(14-28-21)30-7-9-31(10-8-30)19-13-23(34-15-19)22-11-16-3-4-17(26)12-20(16)25(29-22)33-2/h3-6,11-12,14,19,23H,7-10,13,15H2,1-2H3,(H,27,32). The third-order valence-electron chi connectivity index (χ3n) is 6.68. The summed E-state index contributed by atoms with van der Waals surface area (Å²) >= 11 is 0. The third-order valence-corrected chi connectivity index (χ3v) is 6.68. The number of aromatic nitrogens is 2. The van der Waals surface area contributed by atoms with E-state index in [1.807, 2.05) is 12.1 Å². The van der Waals surface area contributed by atoms with Crippen molar-refractivity contribution >= 4 is 22.4 Å². The number of amides is 1. The highest BCUT2D eigenvalue weighted by Crippen LogP contribution is 2.35. The number of hydrogen-bond acceptors (Lipinski definition) is 7. The molecule has 178 valence electrons. The number of nitrogens with zero attached hydrogens (tertiary/aromatic N) is 4. The predicted octanol–water partition coefficient (Wildman–Crippen LogP) is 2.79. The number of ether oxygens (including phenoxy) is 2. The quantitative estimate of drug-likeness (QED) is 0.621. The molecule has 2 unspecified atom stereocenters. The second-order valence-electron chi connectivity index (χ2n) is 8.64. The first kappa shape index (κ1) is 22.5. The molecule has 0 aliphatic carbocycles. The average molecular weight is 466 g/mol. The van der Waals surface area contributed by atoms with Crippen LogP contribution in [-0.2, 0) is 4.74 Å². The summed E-state index contributed by atoms with van der Waals surface area (Å²) in [5.74, 6) is -0.0728. The van der Waals surface area contributed by atoms with Gasteiger partial charge in [0, 0.05) is 44.7 Å². The van der Waals surface area contributed by atoms with Gasteiger partial charge in [0.05, 0.1) is 31.3 Å². The molecule has 1 N–H and O–H groups in total. The van der Waals surface area contributed by atoms with E-state index in [4.69, 9.17) is 9.47 Å². The van der Waals surface area contributed by atoms with Crippen LogP contribution < -0.4 is 15.0 Å². The molecule has 2 aliphatic heterocycles. The number of rotatable bonds is 5. The molecule has 0 spiro atoms. The van der Waals surface area contributed by atoms with Crippen molar-refractivity contribution in [1.82, 2.24) is 20.2 Å². The lowest BCUT2D eigenvalue weighted by Crippen LogP contribution is -2.50. The summed E-state index contributed by atoms with van der Waals surface area (Å²) in [7, 11) is 3.15. The Labute approximate surface area is 197 Å². The molecule has 0 saturated carbocycles. The molecule has 2 aliphatic rings. The van der Waals surface area contributed by atoms with E-state index in [9.17, 15) is 9.18 Å². The van der Waals surface area contributed by atoms with Crippen molar-refractivity contribution in [2.24, 2.45) is 0 Å². The molecular formula is C25H28FN5O3. The van der Waals surface area contributed by atoms with Gasteiger partial charge in [0.25, 0.3) is 5.91 Å². The number of carbonyl (C=O) groups is 1. The molecule has 2 saturated heterocycles. The van der Waals surface area contributed by atoms with Crippen molar-refractivity contribution in [3.8, 4) is 5.88 Å². The van der Waals surface area contributed by atoms with E-state index < -0.39 is 0 Å². The third kappa shape index (κ3) is 4.41. The number of benzene rings is 1. The zero-order chi connectivity index (χ0) is 23.7. The molecule has 1 amide bonds. The molecule has 8 nitrogen and oxygen atoms in total. The minimum Gasteiger partial charge on any atom is -0.481 e. The summed E-state index contributed by atoms with van der Waals surface area (Å²) in [6, 6.07) is 10.6. The molecule has 1 aromatic carbocycles. The number of halogens is 1. The van der Waals surface area contributed by atoms with Crippen LogP contribution in [0.3, 0.4) is 0 Å². The smallest absolute Gasteiger partial charge is 0.269 e. The van der Waals surface area contributed by atoms with Gasteiger partial charge in [-0.05, 0) is 42.1 Å². The summed E-state index contributed by atoms with van der Waals surface area (Å²) in [6.45, 7) is 4.27. The van der Waals surface area contributed by atoms with Gasteiger partial charge in [-0.25, -0.2) is 14.4 Å². The van der Waals surface area contributed by atoms with Crippen LogP contribution >= 0.6 is 0 Å². The fourth-order valence-electron chi connectivity index (χ4n) is 4.78. The van der Waals surface area contributed by atoms with E-state index in [1.165, 1.54) is 12.1 Å². The summed E-state index contributed by atoms with van der Waals surface area (Å²) in [6.07, 6.45) is 2.50. The Kier molecular flexibility index (Phi) is 6.30. The SMILES string of the molecule is CNC(=O)c1ccc(N2CCN(C3COC(c4cc5ccc(F)cc5c(OC)n4)C3)CC2)cn1. The van der Waals surface area contributed by atoms with Crippen molar-refractivity contribution in [2.75, 3.05) is 51.8 Å². The van der Waals surface area contributed by atoms with Gasteiger partial charge in [0.1, 0.15) is 17.6 Å². The number of carbonyl (C=O) groups excluding carboxylic acids is 1. The molecular weight excluding hydrogens is 437 g/mol. The molecule has 0 radical (unpaired) electrons. The molecule has 2 fully saturated rings. The number of piperazine rings is 1. The second kappa shape index (κ2) is 9.52. The lowest BCUT2D eigenvalue weighted by molar-refractivity contribution is 0.0928. The minimum atomic E-state index is -0.310. The number of hydrogen-bond donors (Lipinski definition) is 1. The first-order valence-corrected chi connectivity index (χ1v) is 11.5. The van der Waals surface area contributed by atoms with Gasteiger partial charge in [-0.3, -0.25) is 9.69 Å². The van der Waals surface area contributed by atoms with Crippen molar-refractivity contribution < 1.29 is 18.7 Å². The first-order chi connectivity index (χ1) is 16.6. The average Bonchev–Trinajstić information content (AvgIpc) is 3.38. The highest BCUT2D eigenvalue weighted by molar-refractivity contribution is 5.92. The first-order valence-electron chi connectivity index (χ1n) is 11.5. The molecule has 0 bridgehead atoms. The van der Waals surface area contributed by atoms with E-state index in [-0.39, 0.29) is 17.8 Å². The summed E-state index contributed by atoms with van der Waals surface area (Å²) in [5.41, 5.74) is 2.26. The zero-order valence-electron chi connectivity index (χ0n) is 19.3. The van der Waals surface area contributed by atoms with Crippen LogP contribution in [0.15, 0.2) is 42.6 Å². The minimum absolute atomic E-state index is 0.118. The maximum absolute atomic E-state index is 13.7. The fourth-order valence-corrected chi connectivity index (χ4v) is 4.78. The topological polar surface area (TPSA) is 79.8 Å². The Morgan fingerprint density at radius 1 is 1.18 bits per heavy atom. The van der Waals surface area contributed by atoms with Crippen molar-refractivity contribution in [2.45, 2.75) is 18.6 Å². The molecule has 34 heavy (non-hydrogen) atoms. The highest BCUT2D eigenvalue weighted by Gasteiger charge is 2.34. The molecule has 9 heteroatoms. The van der Waals surface area contributed by atoms with Crippen LogP contribution in [0.25, 0.3) is 10.8 Å². The predicted molar refractivity (Wildman–Crippen MR) is 127 cm³/mol. The van der Waals surface area contributed by atoms with Crippen molar-refractivity contribution in [3.63, 3.8) is 0 Å². The van der Waals surface area contributed by atoms with E-state index in [2.05, 4.69) is 25.1 Å². The number of anilines is 1. The second-order valence-corrected chi connectivity index (χ2v) is 8.64. The van der Waals surface area contributed by atoms with Gasteiger partial charge in [-0.15, -0.1) is 0 Å². The van der Waals surface area contributed by atoms with E-state index >= 15 is 0 Å². The lowest BCUT2D eigenvalue weighted by atomic mass is 10.0. The largest absolute Gasteiger partial charge is 0.481 e. The Hall–Kier alpha value is -3.30. The van der Waals surface area contributed by atoms with Gasteiger partial charge in [-0.1, -0.05) is 6.07 Å². The molecule has 3 aromatic rings. The van der Waals surface area contributed by atoms with Crippen LogP contribution in [0.4, 0.5) is 10.1 Å². The number of nitrogens with one attached hydrogen (secondary N) is 1. The monoisotopic (exact) mass is 465 g/mol. The van der Waals surface area contributed by atoms with Crippen molar-refractivity contribution in [3.05, 3.63) is 59.8 Å². The lowest BCUT2D eigenvalue weighted by Gasteiger charge is -2.38. The highest BCUT2D eigenvalue weighted by atomic mass is 19.1. The van der Waals surface area contributed by atoms with Crippen LogP contribution in [0.1, 0.15) is 28.7 Å². The number of pyridine rings is 2. The van der Waals surface area contributed by atoms with Gasteiger partial charge in [-0.2, -0.15) is 0 Å². The maximum atomic E-state index is 13.7. The molecule has 5 rings (SSSR count). The van der Waals surface area contributed by atoms with Gasteiger partial charge in [0.2, 0.25) is 5.88 Å². The maximum Gasteiger partial charge on any atom is 0.269 e. The fraction of sp³-hybridized carbons (Fsp3) is 0.400. The zero-order valence-corrected chi connectivity index (χ0v) is 19.3. The van der Waals surface area contributed by atoms with Crippen LogP contribution in [0.2, 0.25) is 0 Å². The summed E-state index contributed by atoms with van der Waals surface area (Å²) in [4.78, 5) is 25.4. The Morgan fingerprint density at radius 2 is 2.00 bits per heavy atom. The Bertz CT molecular complexity index is 1180. The summed E-state index contributed by atoms with van der Waals surface area (Å²) in [5, 5.41) is 4.14. The Morgan fingerprint density at radius 3 is 2.71 bits per heavy atom. The van der Waals surface area contributed by atoms with Crippen molar-refractivity contribution in [1.29, 1.82) is 0 Å². The van der Waals surface area contributed by atoms with E-state index in [1.54, 1.807) is 32.5 Å². The van der Waals surface area contributed by atoms with Crippen LogP contribution in [-0.4, -0.2) is 73.8 Å². The van der Waals surface area contributed by atoms with Crippen LogP contribution in [0.5, 0.6) is 5.88 Å². The van der Waals surface area contributed by atoms with Gasteiger partial charge < -0.3 is 19.7 Å². The Balaban J connectivity index is 1.22. The van der Waals surface area contributed by atoms with Gasteiger partial charge >= 0.3 is 0 Å².